The van der Waals surface area contributed by atoms with Crippen LogP contribution in [0.25, 0.3) is 10.9 Å². The van der Waals surface area contributed by atoms with Crippen molar-refractivity contribution in [2.24, 2.45) is 0 Å². The predicted molar refractivity (Wildman–Crippen MR) is 104 cm³/mol. The fourth-order valence-corrected chi connectivity index (χ4v) is 3.02. The summed E-state index contributed by atoms with van der Waals surface area (Å²) in [4.78, 5) is 17.9. The van der Waals surface area contributed by atoms with Crippen LogP contribution in [0.2, 0.25) is 5.02 Å². The molecule has 25 heavy (non-hydrogen) atoms. The van der Waals surface area contributed by atoms with Crippen molar-refractivity contribution >= 4 is 46.6 Å². The smallest absolute Gasteiger partial charge is 0.339 e. The van der Waals surface area contributed by atoms with Crippen molar-refractivity contribution in [1.29, 1.82) is 0 Å². The van der Waals surface area contributed by atoms with Gasteiger partial charge in [-0.05, 0) is 30.2 Å². The molecule has 0 unspecified atom stereocenters. The largest absolute Gasteiger partial charge is 0.478 e. The van der Waals surface area contributed by atoms with Crippen LogP contribution in [0.5, 0.6) is 0 Å². The molecule has 0 amide bonds. The van der Waals surface area contributed by atoms with Gasteiger partial charge in [-0.25, -0.2) is 4.79 Å². The summed E-state index contributed by atoms with van der Waals surface area (Å²) in [5, 5.41) is 11.0. The number of aromatic nitrogens is 1. The van der Waals surface area contributed by atoms with Crippen molar-refractivity contribution in [3.8, 4) is 0 Å². The Labute approximate surface area is 157 Å². The highest BCUT2D eigenvalue weighted by Crippen LogP contribution is 2.33. The zero-order valence-electron chi connectivity index (χ0n) is 13.9. The molecule has 0 spiro atoms. The van der Waals surface area contributed by atoms with Gasteiger partial charge in [0, 0.05) is 30.2 Å². The highest BCUT2D eigenvalue weighted by Gasteiger charge is 2.19. The van der Waals surface area contributed by atoms with E-state index in [-0.39, 0.29) is 18.0 Å². The number of nitrogens with zero attached hydrogens (tertiary/aromatic N) is 2. The highest BCUT2D eigenvalue weighted by molar-refractivity contribution is 6.32. The first-order valence-corrected chi connectivity index (χ1v) is 7.93. The molecule has 0 aliphatic heterocycles. The maximum absolute atomic E-state index is 11.7. The SMILES string of the molecule is Cc1c(Cl)ccc2c(N(C)Cc3ccccc3)c(C(=O)O)cnc12.Cl. The molecule has 3 aromatic rings. The lowest BCUT2D eigenvalue weighted by Crippen LogP contribution is -2.20. The number of aryl methyl sites for hydroxylation is 1. The minimum Gasteiger partial charge on any atom is -0.478 e. The van der Waals surface area contributed by atoms with Gasteiger partial charge in [-0.15, -0.1) is 12.4 Å². The number of pyridine rings is 1. The molecule has 0 atom stereocenters. The van der Waals surface area contributed by atoms with Crippen molar-refractivity contribution in [3.05, 3.63) is 70.4 Å². The molecule has 1 heterocycles. The summed E-state index contributed by atoms with van der Waals surface area (Å²) in [5.74, 6) is -0.994. The van der Waals surface area contributed by atoms with Gasteiger partial charge in [0.25, 0.3) is 0 Å². The fraction of sp³-hybridized carbons (Fsp3) is 0.158. The number of carboxylic acids is 1. The van der Waals surface area contributed by atoms with Crippen LogP contribution in [0, 0.1) is 6.92 Å². The van der Waals surface area contributed by atoms with Crippen LogP contribution in [0.15, 0.2) is 48.7 Å². The van der Waals surface area contributed by atoms with E-state index in [9.17, 15) is 9.90 Å². The molecule has 4 nitrogen and oxygen atoms in total. The molecule has 2 aromatic carbocycles. The van der Waals surface area contributed by atoms with Gasteiger partial charge in [-0.3, -0.25) is 4.98 Å². The van der Waals surface area contributed by atoms with Gasteiger partial charge in [0.05, 0.1) is 11.2 Å². The van der Waals surface area contributed by atoms with Crippen LogP contribution in [-0.2, 0) is 6.54 Å². The van der Waals surface area contributed by atoms with Crippen molar-refractivity contribution in [1.82, 2.24) is 4.98 Å². The molecule has 0 aliphatic carbocycles. The maximum atomic E-state index is 11.7. The van der Waals surface area contributed by atoms with Gasteiger partial charge in [0.1, 0.15) is 5.56 Å². The molecule has 0 fully saturated rings. The van der Waals surface area contributed by atoms with Crippen LogP contribution in [0.3, 0.4) is 0 Å². The third kappa shape index (κ3) is 3.70. The normalized spacial score (nSPS) is 10.4. The lowest BCUT2D eigenvalue weighted by molar-refractivity contribution is 0.0697. The maximum Gasteiger partial charge on any atom is 0.339 e. The third-order valence-corrected chi connectivity index (χ3v) is 4.48. The molecule has 3 rings (SSSR count). The second-order valence-electron chi connectivity index (χ2n) is 5.74. The fourth-order valence-electron chi connectivity index (χ4n) is 2.87. The zero-order chi connectivity index (χ0) is 17.3. The topological polar surface area (TPSA) is 53.4 Å². The molecule has 0 saturated carbocycles. The lowest BCUT2D eigenvalue weighted by atomic mass is 10.0. The highest BCUT2D eigenvalue weighted by atomic mass is 35.5. The van der Waals surface area contributed by atoms with Crippen LogP contribution in [-0.4, -0.2) is 23.1 Å². The number of carbonyl (C=O) groups is 1. The Balaban J connectivity index is 0.00000225. The van der Waals surface area contributed by atoms with E-state index in [0.29, 0.717) is 17.3 Å². The first kappa shape index (κ1) is 19.0. The third-order valence-electron chi connectivity index (χ3n) is 4.07. The number of carboxylic acid groups (broad SMARTS) is 1. The Morgan fingerprint density at radius 3 is 2.52 bits per heavy atom. The Morgan fingerprint density at radius 1 is 1.20 bits per heavy atom. The zero-order valence-corrected chi connectivity index (χ0v) is 15.4. The minimum atomic E-state index is -0.994. The second kappa shape index (κ2) is 7.72. The molecular formula is C19H18Cl2N2O2. The Hall–Kier alpha value is -2.30. The summed E-state index contributed by atoms with van der Waals surface area (Å²) in [6, 6.07) is 13.5. The number of halogens is 2. The van der Waals surface area contributed by atoms with Crippen LogP contribution in [0.1, 0.15) is 21.5 Å². The number of aromatic carboxylic acids is 1. The van der Waals surface area contributed by atoms with Crippen LogP contribution >= 0.6 is 24.0 Å². The van der Waals surface area contributed by atoms with E-state index < -0.39 is 5.97 Å². The number of anilines is 1. The molecule has 0 radical (unpaired) electrons. The van der Waals surface area contributed by atoms with Crippen molar-refractivity contribution in [3.63, 3.8) is 0 Å². The van der Waals surface area contributed by atoms with Gasteiger partial charge in [0.2, 0.25) is 0 Å². The number of benzene rings is 2. The Morgan fingerprint density at radius 2 is 1.88 bits per heavy atom. The standard InChI is InChI=1S/C19H17ClN2O2.ClH/c1-12-16(20)9-8-14-17(12)21-10-15(19(23)24)18(14)22(2)11-13-6-4-3-5-7-13;/h3-10H,11H2,1-2H3,(H,23,24);1H. The summed E-state index contributed by atoms with van der Waals surface area (Å²) in [7, 11) is 1.89. The molecule has 1 aromatic heterocycles. The van der Waals surface area contributed by atoms with Gasteiger partial charge in [-0.1, -0.05) is 41.9 Å². The number of rotatable bonds is 4. The summed E-state index contributed by atoms with van der Waals surface area (Å²) in [6.07, 6.45) is 1.41. The van der Waals surface area contributed by atoms with E-state index >= 15 is 0 Å². The van der Waals surface area contributed by atoms with Crippen LogP contribution in [0.4, 0.5) is 5.69 Å². The molecule has 0 saturated heterocycles. The number of fused-ring (bicyclic) bond motifs is 1. The summed E-state index contributed by atoms with van der Waals surface area (Å²) < 4.78 is 0. The van der Waals surface area contributed by atoms with E-state index in [2.05, 4.69) is 4.98 Å². The number of hydrogen-bond acceptors (Lipinski definition) is 3. The van der Waals surface area contributed by atoms with Gasteiger partial charge in [0.15, 0.2) is 0 Å². The molecule has 0 bridgehead atoms. The van der Waals surface area contributed by atoms with Crippen molar-refractivity contribution < 1.29 is 9.90 Å². The van der Waals surface area contributed by atoms with Gasteiger partial charge < -0.3 is 10.0 Å². The minimum absolute atomic E-state index is 0. The van der Waals surface area contributed by atoms with Crippen molar-refractivity contribution in [2.45, 2.75) is 13.5 Å². The monoisotopic (exact) mass is 376 g/mol. The van der Waals surface area contributed by atoms with Crippen LogP contribution < -0.4 is 4.90 Å². The van der Waals surface area contributed by atoms with E-state index in [1.165, 1.54) is 6.20 Å². The lowest BCUT2D eigenvalue weighted by Gasteiger charge is -2.23. The molecule has 1 N–H and O–H groups in total. The summed E-state index contributed by atoms with van der Waals surface area (Å²) in [5.41, 5.74) is 3.51. The molecule has 6 heteroatoms. The average molecular weight is 377 g/mol. The van der Waals surface area contributed by atoms with E-state index in [4.69, 9.17) is 11.6 Å². The molecular weight excluding hydrogens is 359 g/mol. The quantitative estimate of drug-likeness (QED) is 0.699. The number of hydrogen-bond donors (Lipinski definition) is 1. The molecule has 0 aliphatic rings. The Kier molecular flexibility index (Phi) is 5.88. The summed E-state index contributed by atoms with van der Waals surface area (Å²) >= 11 is 6.18. The molecule has 130 valence electrons. The van der Waals surface area contributed by atoms with E-state index in [1.54, 1.807) is 6.07 Å². The van der Waals surface area contributed by atoms with Gasteiger partial charge >= 0.3 is 5.97 Å². The predicted octanol–water partition coefficient (Wildman–Crippen LogP) is 4.95. The average Bonchev–Trinajstić information content (AvgIpc) is 2.58. The second-order valence-corrected chi connectivity index (χ2v) is 6.14. The first-order valence-electron chi connectivity index (χ1n) is 7.55. The first-order chi connectivity index (χ1) is 11.5. The summed E-state index contributed by atoms with van der Waals surface area (Å²) in [6.45, 7) is 2.49. The van der Waals surface area contributed by atoms with E-state index in [0.717, 1.165) is 22.0 Å². The Bertz CT molecular complexity index is 914. The van der Waals surface area contributed by atoms with E-state index in [1.807, 2.05) is 55.3 Å². The van der Waals surface area contributed by atoms with Gasteiger partial charge in [-0.2, -0.15) is 0 Å². The van der Waals surface area contributed by atoms with Crippen molar-refractivity contribution in [2.75, 3.05) is 11.9 Å².